The van der Waals surface area contributed by atoms with Crippen LogP contribution in [-0.4, -0.2) is 35.2 Å². The third-order valence-electron chi connectivity index (χ3n) is 6.48. The van der Waals surface area contributed by atoms with Gasteiger partial charge in [0.25, 0.3) is 0 Å². The lowest BCUT2D eigenvalue weighted by Gasteiger charge is -2.12. The number of carbonyl (C=O) groups excluding carboxylic acids is 1. The monoisotopic (exact) mass is 539 g/mol. The first-order valence-corrected chi connectivity index (χ1v) is 13.7. The Morgan fingerprint density at radius 2 is 1.70 bits per heavy atom. The maximum Gasteiger partial charge on any atom is 0.314 e. The number of hydrogen-bond acceptors (Lipinski definition) is 6. The highest BCUT2D eigenvalue weighted by Gasteiger charge is 2.19. The fraction of sp³-hybridized carbons (Fsp3) is 0.303. The molecule has 0 amide bonds. The zero-order chi connectivity index (χ0) is 28.2. The van der Waals surface area contributed by atoms with Crippen LogP contribution in [0, 0.1) is 5.92 Å². The Morgan fingerprint density at radius 3 is 2.40 bits per heavy atom. The lowest BCUT2D eigenvalue weighted by Crippen LogP contribution is -2.21. The largest absolute Gasteiger partial charge is 0.493 e. The first kappa shape index (κ1) is 28.6. The quantitative estimate of drug-likeness (QED) is 0.103. The van der Waals surface area contributed by atoms with Gasteiger partial charge in [0.1, 0.15) is 12.4 Å². The number of rotatable bonds is 14. The van der Waals surface area contributed by atoms with Crippen LogP contribution in [-0.2, 0) is 33.8 Å². The van der Waals surface area contributed by atoms with Gasteiger partial charge >= 0.3 is 5.97 Å². The average molecular weight is 540 g/mol. The molecular formula is C33H37N3O4. The Labute approximate surface area is 236 Å². The molecule has 0 aliphatic carbocycles. The van der Waals surface area contributed by atoms with Crippen molar-refractivity contribution in [3.63, 3.8) is 0 Å². The van der Waals surface area contributed by atoms with E-state index in [1.165, 1.54) is 11.8 Å². The van der Waals surface area contributed by atoms with Gasteiger partial charge in [-0.25, -0.2) is 4.68 Å². The summed E-state index contributed by atoms with van der Waals surface area (Å²) in [6, 6.07) is 26.0. The Balaban J connectivity index is 1.26. The lowest BCUT2D eigenvalue weighted by atomic mass is 10.0. The molecule has 0 fully saturated rings. The van der Waals surface area contributed by atoms with E-state index in [-0.39, 0.29) is 5.97 Å². The Hall–Kier alpha value is -4.39. The van der Waals surface area contributed by atoms with Crippen molar-refractivity contribution in [3.8, 4) is 11.4 Å². The molecule has 0 saturated carbocycles. The summed E-state index contributed by atoms with van der Waals surface area (Å²) < 4.78 is 13.1. The maximum absolute atomic E-state index is 12.5. The molecule has 4 rings (SSSR count). The number of benzene rings is 3. The predicted octanol–water partition coefficient (Wildman–Crippen LogP) is 6.54. The number of nitrogens with zero attached hydrogens (tertiary/aromatic N) is 3. The van der Waals surface area contributed by atoms with Crippen LogP contribution < -0.4 is 4.74 Å². The van der Waals surface area contributed by atoms with E-state index < -0.39 is 5.92 Å². The molecule has 40 heavy (non-hydrogen) atoms. The minimum absolute atomic E-state index is 0.310. The molecular weight excluding hydrogens is 502 g/mol. The van der Waals surface area contributed by atoms with Crippen molar-refractivity contribution in [1.29, 1.82) is 0 Å². The van der Waals surface area contributed by atoms with Crippen molar-refractivity contribution in [2.45, 2.75) is 46.1 Å². The van der Waals surface area contributed by atoms with Crippen LogP contribution in [0.25, 0.3) is 5.69 Å². The van der Waals surface area contributed by atoms with Crippen LogP contribution in [0.4, 0.5) is 0 Å². The van der Waals surface area contributed by atoms with E-state index in [1.807, 2.05) is 71.7 Å². The summed E-state index contributed by atoms with van der Waals surface area (Å²) in [5, 5.41) is 8.53. The number of oxime groups is 1. The molecule has 0 aliphatic heterocycles. The summed E-state index contributed by atoms with van der Waals surface area (Å²) in [4.78, 5) is 17.9. The first-order chi connectivity index (χ1) is 19.5. The van der Waals surface area contributed by atoms with E-state index in [4.69, 9.17) is 14.3 Å². The van der Waals surface area contributed by atoms with Gasteiger partial charge in [0, 0.05) is 12.6 Å². The van der Waals surface area contributed by atoms with Crippen molar-refractivity contribution in [1.82, 2.24) is 9.78 Å². The van der Waals surface area contributed by atoms with Gasteiger partial charge in [-0.2, -0.15) is 5.10 Å². The number of aromatic nitrogens is 2. The van der Waals surface area contributed by atoms with Crippen LogP contribution in [0.1, 0.15) is 48.9 Å². The molecule has 0 saturated heterocycles. The molecule has 1 aromatic heterocycles. The number of esters is 1. The van der Waals surface area contributed by atoms with Gasteiger partial charge in [0.15, 0.2) is 0 Å². The summed E-state index contributed by atoms with van der Waals surface area (Å²) in [5.74, 6) is 0.408. The first-order valence-electron chi connectivity index (χ1n) is 13.7. The fourth-order valence-corrected chi connectivity index (χ4v) is 4.15. The van der Waals surface area contributed by atoms with E-state index in [0.717, 1.165) is 34.5 Å². The molecule has 0 aliphatic rings. The number of carbonyl (C=O) groups is 1. The normalized spacial score (nSPS) is 12.0. The second-order valence-electron chi connectivity index (χ2n) is 9.86. The van der Waals surface area contributed by atoms with E-state index in [2.05, 4.69) is 48.4 Å². The minimum Gasteiger partial charge on any atom is -0.493 e. The molecule has 3 aromatic carbocycles. The van der Waals surface area contributed by atoms with Gasteiger partial charge in [-0.05, 0) is 65.8 Å². The topological polar surface area (TPSA) is 74.9 Å². The van der Waals surface area contributed by atoms with E-state index in [0.29, 0.717) is 32.2 Å². The molecule has 0 spiro atoms. The molecule has 7 nitrogen and oxygen atoms in total. The maximum atomic E-state index is 12.5. The van der Waals surface area contributed by atoms with Crippen LogP contribution >= 0.6 is 0 Å². The van der Waals surface area contributed by atoms with E-state index in [9.17, 15) is 4.79 Å². The molecule has 0 bridgehead atoms. The molecule has 208 valence electrons. The Morgan fingerprint density at radius 1 is 0.950 bits per heavy atom. The second-order valence-corrected chi connectivity index (χ2v) is 9.86. The second kappa shape index (κ2) is 14.7. The summed E-state index contributed by atoms with van der Waals surface area (Å²) >= 11 is 0. The lowest BCUT2D eigenvalue weighted by molar-refractivity contribution is -0.145. The van der Waals surface area contributed by atoms with Gasteiger partial charge in [0.05, 0.1) is 37.2 Å². The van der Waals surface area contributed by atoms with Crippen LogP contribution in [0.3, 0.4) is 0 Å². The van der Waals surface area contributed by atoms with Crippen LogP contribution in [0.15, 0.2) is 96.4 Å². The highest BCUT2D eigenvalue weighted by Crippen LogP contribution is 2.18. The average Bonchev–Trinajstić information content (AvgIpc) is 3.45. The van der Waals surface area contributed by atoms with Crippen molar-refractivity contribution in [2.24, 2.45) is 11.1 Å². The SMILES string of the molecule is CCOC(=O)C(/C=N/OCc1ccccc1)Cc1ccc(OCCc2cnn(-c3ccc(C(C)C)cc3)c2)cc1. The zero-order valence-electron chi connectivity index (χ0n) is 23.4. The molecule has 0 radical (unpaired) electrons. The number of hydrogen-bond donors (Lipinski definition) is 0. The smallest absolute Gasteiger partial charge is 0.314 e. The molecule has 0 N–H and O–H groups in total. The molecule has 7 heteroatoms. The Kier molecular flexibility index (Phi) is 10.5. The van der Waals surface area contributed by atoms with E-state index >= 15 is 0 Å². The molecule has 4 aromatic rings. The number of ether oxygens (including phenoxy) is 2. The van der Waals surface area contributed by atoms with Gasteiger partial charge in [-0.1, -0.05) is 73.6 Å². The third-order valence-corrected chi connectivity index (χ3v) is 6.48. The molecule has 1 heterocycles. The summed E-state index contributed by atoms with van der Waals surface area (Å²) in [7, 11) is 0. The minimum atomic E-state index is -0.541. The molecule has 1 unspecified atom stereocenters. The van der Waals surface area contributed by atoms with Gasteiger partial charge in [-0.3, -0.25) is 4.79 Å². The summed E-state index contributed by atoms with van der Waals surface area (Å²) in [5.41, 5.74) is 5.45. The van der Waals surface area contributed by atoms with Crippen LogP contribution in [0.5, 0.6) is 5.75 Å². The third kappa shape index (κ3) is 8.56. The van der Waals surface area contributed by atoms with E-state index in [1.54, 1.807) is 6.92 Å². The fourth-order valence-electron chi connectivity index (χ4n) is 4.15. The van der Waals surface area contributed by atoms with Gasteiger partial charge in [-0.15, -0.1) is 0 Å². The van der Waals surface area contributed by atoms with Crippen LogP contribution in [0.2, 0.25) is 0 Å². The predicted molar refractivity (Wildman–Crippen MR) is 157 cm³/mol. The highest BCUT2D eigenvalue weighted by molar-refractivity contribution is 5.90. The van der Waals surface area contributed by atoms with Crippen molar-refractivity contribution in [3.05, 3.63) is 114 Å². The van der Waals surface area contributed by atoms with Crippen molar-refractivity contribution < 1.29 is 19.1 Å². The Bertz CT molecular complexity index is 1350. The van der Waals surface area contributed by atoms with Crippen molar-refractivity contribution in [2.75, 3.05) is 13.2 Å². The summed E-state index contributed by atoms with van der Waals surface area (Å²) in [6.07, 6.45) is 6.63. The standard InChI is InChI=1S/C33H37N3O4/c1-4-38-33(37)30(22-35-40-24-27-8-6-5-7-9-27)20-26-10-16-32(17-11-26)39-19-18-28-21-34-36(23-28)31-14-12-29(13-15-31)25(2)3/h5-17,21-23,25,30H,4,18-20,24H2,1-3H3/b35-22+. The van der Waals surface area contributed by atoms with Crippen molar-refractivity contribution >= 4 is 12.2 Å². The van der Waals surface area contributed by atoms with Gasteiger partial charge < -0.3 is 14.3 Å². The summed E-state index contributed by atoms with van der Waals surface area (Å²) in [6.45, 7) is 7.35. The molecule has 1 atom stereocenters. The van der Waals surface area contributed by atoms with Gasteiger partial charge in [0.2, 0.25) is 0 Å². The zero-order valence-corrected chi connectivity index (χ0v) is 23.4. The highest BCUT2D eigenvalue weighted by atomic mass is 16.6.